The maximum Gasteiger partial charge on any atom is 0.238 e. The van der Waals surface area contributed by atoms with Crippen LogP contribution in [0.1, 0.15) is 43.4 Å². The lowest BCUT2D eigenvalue weighted by atomic mass is 9.62. The highest BCUT2D eigenvalue weighted by Gasteiger charge is 2.70. The van der Waals surface area contributed by atoms with E-state index in [0.29, 0.717) is 16.8 Å². The van der Waals surface area contributed by atoms with Gasteiger partial charge in [0, 0.05) is 23.0 Å². The largest absolute Gasteiger partial charge is 0.358 e. The number of hydrogen-bond donors (Lipinski definition) is 1. The molecule has 0 aromatic heterocycles. The van der Waals surface area contributed by atoms with Gasteiger partial charge in [0.25, 0.3) is 0 Å². The predicted octanol–water partition coefficient (Wildman–Crippen LogP) is 5.67. The van der Waals surface area contributed by atoms with Crippen molar-refractivity contribution in [3.05, 3.63) is 143 Å². The van der Waals surface area contributed by atoms with Gasteiger partial charge in [-0.15, -0.1) is 0 Å². The van der Waals surface area contributed by atoms with Crippen molar-refractivity contribution in [1.29, 1.82) is 0 Å². The van der Waals surface area contributed by atoms with E-state index in [4.69, 9.17) is 0 Å². The number of Topliss-reactive ketones (excluding diaryl/α,β-unsaturated/α-hetero) is 2. The third-order valence-electron chi connectivity index (χ3n) is 8.24. The fourth-order valence-corrected chi connectivity index (χ4v) is 6.72. The van der Waals surface area contributed by atoms with E-state index >= 15 is 0 Å². The first-order chi connectivity index (χ1) is 18.6. The highest BCUT2D eigenvalue weighted by molar-refractivity contribution is 6.16. The highest BCUT2D eigenvalue weighted by Crippen LogP contribution is 2.62. The van der Waals surface area contributed by atoms with Crippen LogP contribution in [0.25, 0.3) is 6.08 Å². The molecular formula is C33H24N2O3. The monoisotopic (exact) mass is 496 g/mol. The van der Waals surface area contributed by atoms with Gasteiger partial charge in [0.05, 0.1) is 12.0 Å². The number of carbonyl (C=O) groups excluding carboxylic acids is 3. The van der Waals surface area contributed by atoms with Gasteiger partial charge in [-0.3, -0.25) is 14.4 Å². The van der Waals surface area contributed by atoms with Gasteiger partial charge in [-0.1, -0.05) is 103 Å². The Balaban J connectivity index is 1.55. The Kier molecular flexibility index (Phi) is 4.95. The summed E-state index contributed by atoms with van der Waals surface area (Å²) in [6.07, 6.45) is 3.87. The van der Waals surface area contributed by atoms with Crippen LogP contribution in [0.15, 0.2) is 115 Å². The minimum absolute atomic E-state index is 0.178. The molecule has 1 amide bonds. The molecule has 0 unspecified atom stereocenters. The molecule has 1 N–H and O–H groups in total. The van der Waals surface area contributed by atoms with Crippen LogP contribution in [-0.2, 0) is 10.2 Å². The zero-order chi connectivity index (χ0) is 25.9. The Morgan fingerprint density at radius 2 is 1.32 bits per heavy atom. The lowest BCUT2D eigenvalue weighted by Crippen LogP contribution is -2.49. The maximum atomic E-state index is 14.6. The van der Waals surface area contributed by atoms with E-state index in [0.717, 1.165) is 16.7 Å². The van der Waals surface area contributed by atoms with E-state index < -0.39 is 23.4 Å². The molecule has 3 heterocycles. The Morgan fingerprint density at radius 3 is 2.05 bits per heavy atom. The highest BCUT2D eigenvalue weighted by atomic mass is 16.2. The summed E-state index contributed by atoms with van der Waals surface area (Å²) in [5.74, 6) is -1.60. The molecule has 4 aromatic rings. The second-order valence-corrected chi connectivity index (χ2v) is 10.0. The summed E-state index contributed by atoms with van der Waals surface area (Å²) in [6, 6.07) is 32.1. The summed E-state index contributed by atoms with van der Waals surface area (Å²) in [5.41, 5.74) is 3.03. The molecule has 3 aliphatic rings. The minimum Gasteiger partial charge on any atom is -0.358 e. The van der Waals surface area contributed by atoms with Gasteiger partial charge in [0.1, 0.15) is 11.5 Å². The van der Waals surface area contributed by atoms with Crippen molar-refractivity contribution in [3.8, 4) is 0 Å². The molecule has 4 aromatic carbocycles. The molecule has 0 aliphatic carbocycles. The van der Waals surface area contributed by atoms with Crippen LogP contribution >= 0.6 is 0 Å². The van der Waals surface area contributed by atoms with Crippen LogP contribution < -0.4 is 5.32 Å². The number of benzene rings is 4. The molecule has 38 heavy (non-hydrogen) atoms. The van der Waals surface area contributed by atoms with Crippen molar-refractivity contribution in [2.24, 2.45) is 5.92 Å². The lowest BCUT2D eigenvalue weighted by Gasteiger charge is -2.38. The number of para-hydroxylation sites is 1. The first-order valence-corrected chi connectivity index (χ1v) is 12.8. The van der Waals surface area contributed by atoms with Gasteiger partial charge >= 0.3 is 0 Å². The van der Waals surface area contributed by atoms with Crippen molar-refractivity contribution in [3.63, 3.8) is 0 Å². The molecular weight excluding hydrogens is 472 g/mol. The van der Waals surface area contributed by atoms with Crippen molar-refractivity contribution < 1.29 is 14.4 Å². The Hall–Kier alpha value is -4.77. The number of fused-ring (bicyclic) bond motifs is 6. The maximum absolute atomic E-state index is 14.6. The van der Waals surface area contributed by atoms with Crippen LogP contribution in [0.5, 0.6) is 0 Å². The second-order valence-electron chi connectivity index (χ2n) is 10.0. The number of nitrogens with one attached hydrogen (secondary N) is 1. The molecule has 1 fully saturated rings. The van der Waals surface area contributed by atoms with E-state index in [1.165, 1.54) is 0 Å². The lowest BCUT2D eigenvalue weighted by molar-refractivity contribution is -0.122. The van der Waals surface area contributed by atoms with Gasteiger partial charge in [-0.2, -0.15) is 0 Å². The van der Waals surface area contributed by atoms with Gasteiger partial charge in [-0.25, -0.2) is 0 Å². The third-order valence-corrected chi connectivity index (χ3v) is 8.24. The molecule has 5 nitrogen and oxygen atoms in total. The van der Waals surface area contributed by atoms with Gasteiger partial charge < -0.3 is 10.2 Å². The SMILES string of the molecule is O=C(c1ccccc1)[C@@H]1[C@H](C(=O)c2ccccc2)[C@@]2(C(=O)Nc3ccccc32)[C@@H]2c3ccccc3C=CN12. The smallest absolute Gasteiger partial charge is 0.238 e. The second kappa shape index (κ2) is 8.38. The number of carbonyl (C=O) groups is 3. The predicted molar refractivity (Wildman–Crippen MR) is 146 cm³/mol. The molecule has 1 spiro atoms. The van der Waals surface area contributed by atoms with Crippen LogP contribution in [-0.4, -0.2) is 28.4 Å². The molecule has 3 aliphatic heterocycles. The molecule has 7 rings (SSSR count). The van der Waals surface area contributed by atoms with Gasteiger partial charge in [0.15, 0.2) is 11.6 Å². The third kappa shape index (κ3) is 2.96. The van der Waals surface area contributed by atoms with Crippen LogP contribution in [0.4, 0.5) is 5.69 Å². The summed E-state index contributed by atoms with van der Waals surface area (Å²) >= 11 is 0. The topological polar surface area (TPSA) is 66.5 Å². The minimum atomic E-state index is -1.31. The van der Waals surface area contributed by atoms with Crippen molar-refractivity contribution in [2.75, 3.05) is 5.32 Å². The first kappa shape index (κ1) is 22.4. The van der Waals surface area contributed by atoms with Crippen LogP contribution in [0.3, 0.4) is 0 Å². The number of amides is 1. The molecule has 0 saturated carbocycles. The van der Waals surface area contributed by atoms with Gasteiger partial charge in [0.2, 0.25) is 5.91 Å². The summed E-state index contributed by atoms with van der Waals surface area (Å²) in [6.45, 7) is 0. The van der Waals surface area contributed by atoms with E-state index in [1.54, 1.807) is 24.3 Å². The first-order valence-electron chi connectivity index (χ1n) is 12.8. The number of nitrogens with zero attached hydrogens (tertiary/aromatic N) is 1. The van der Waals surface area contributed by atoms with Crippen molar-refractivity contribution in [2.45, 2.75) is 17.5 Å². The molecule has 0 radical (unpaired) electrons. The van der Waals surface area contributed by atoms with Gasteiger partial charge in [-0.05, 0) is 28.8 Å². The van der Waals surface area contributed by atoms with E-state index in [-0.39, 0.29) is 17.5 Å². The zero-order valence-corrected chi connectivity index (χ0v) is 20.5. The molecule has 4 atom stereocenters. The number of rotatable bonds is 4. The molecule has 0 bridgehead atoms. The molecule has 5 heteroatoms. The Labute approximate surface area is 220 Å². The summed E-state index contributed by atoms with van der Waals surface area (Å²) < 4.78 is 0. The van der Waals surface area contributed by atoms with E-state index in [2.05, 4.69) is 5.32 Å². The summed E-state index contributed by atoms with van der Waals surface area (Å²) in [4.78, 5) is 45.2. The van der Waals surface area contributed by atoms with Crippen molar-refractivity contribution in [1.82, 2.24) is 4.90 Å². The van der Waals surface area contributed by atoms with Crippen molar-refractivity contribution >= 4 is 29.2 Å². The number of hydrogen-bond acceptors (Lipinski definition) is 4. The summed E-state index contributed by atoms with van der Waals surface area (Å²) in [7, 11) is 0. The standard InChI is InChI=1S/C33H24N2O3/c36-29(22-12-3-1-4-13-22)27-28(30(37)23-14-5-2-6-15-23)35-20-19-21-11-7-8-16-24(21)31(35)33(27)25-17-9-10-18-26(25)34-32(33)38/h1-20,27-28,31H,(H,34,38)/t27-,28+,31+,33-/m1/s1. The average molecular weight is 497 g/mol. The molecule has 184 valence electrons. The quantitative estimate of drug-likeness (QED) is 0.370. The fourth-order valence-electron chi connectivity index (χ4n) is 6.72. The zero-order valence-electron chi connectivity index (χ0n) is 20.5. The Bertz CT molecular complexity index is 1630. The Morgan fingerprint density at radius 1 is 0.711 bits per heavy atom. The number of ketones is 2. The normalized spacial score (nSPS) is 24.5. The van der Waals surface area contributed by atoms with Crippen LogP contribution in [0.2, 0.25) is 0 Å². The molecule has 1 saturated heterocycles. The summed E-state index contributed by atoms with van der Waals surface area (Å²) in [5, 5.41) is 3.08. The fraction of sp³-hybridized carbons (Fsp3) is 0.121. The number of anilines is 1. The van der Waals surface area contributed by atoms with E-state index in [9.17, 15) is 14.4 Å². The van der Waals surface area contributed by atoms with Crippen LogP contribution in [0, 0.1) is 5.92 Å². The van der Waals surface area contributed by atoms with E-state index in [1.807, 2.05) is 102 Å². The average Bonchev–Trinajstić information content (AvgIpc) is 3.45.